The molecule has 1 aromatic heterocycles. The van der Waals surface area contributed by atoms with Crippen LogP contribution in [0.25, 0.3) is 0 Å². The van der Waals surface area contributed by atoms with E-state index in [1.165, 1.54) is 18.2 Å². The Bertz CT molecular complexity index is 1240. The van der Waals surface area contributed by atoms with Gasteiger partial charge in [-0.1, -0.05) is 11.6 Å². The molecule has 0 radical (unpaired) electrons. The summed E-state index contributed by atoms with van der Waals surface area (Å²) < 4.78 is 26.5. The van der Waals surface area contributed by atoms with Crippen molar-refractivity contribution in [3.05, 3.63) is 23.2 Å². The highest BCUT2D eigenvalue weighted by molar-refractivity contribution is 7.89. The first kappa shape index (κ1) is 28.0. The van der Waals surface area contributed by atoms with Gasteiger partial charge in [0.25, 0.3) is 10.0 Å². The first-order chi connectivity index (χ1) is 18.0. The van der Waals surface area contributed by atoms with Gasteiger partial charge in [0, 0.05) is 56.9 Å². The number of rotatable bonds is 7. The summed E-state index contributed by atoms with van der Waals surface area (Å²) in [6.45, 7) is 3.58. The van der Waals surface area contributed by atoms with E-state index in [4.69, 9.17) is 34.5 Å². The van der Waals surface area contributed by atoms with Crippen LogP contribution in [0.1, 0.15) is 19.8 Å². The van der Waals surface area contributed by atoms with Gasteiger partial charge < -0.3 is 38.1 Å². The second kappa shape index (κ2) is 11.4. The van der Waals surface area contributed by atoms with Crippen molar-refractivity contribution in [3.8, 4) is 6.19 Å². The van der Waals surface area contributed by atoms with Crippen LogP contribution < -0.4 is 38.1 Å². The molecule has 0 amide bonds. The lowest BCUT2D eigenvalue weighted by Gasteiger charge is -2.37. The Kier molecular flexibility index (Phi) is 8.40. The standard InChI is InChI=1S/C22H33ClN12O2S/c1-2-35(12-24)38(36,37)17-3-4-18(23)19(7-17)29-20-30-21(33-8-13(25)5-14(26)9-33)32-22(31-20)34-10-15(27)6-16(28)11-34/h3-4,7,13-16H,2,5-6,8-11,25-28H2,1H3,(H,29,30,31,32)/t13-,14+,15-,16+. The fourth-order valence-corrected chi connectivity index (χ4v) is 6.05. The summed E-state index contributed by atoms with van der Waals surface area (Å²) in [5.41, 5.74) is 25.1. The summed E-state index contributed by atoms with van der Waals surface area (Å²) in [6.07, 6.45) is 3.05. The SMILES string of the molecule is CCN(C#N)S(=O)(=O)c1ccc(Cl)c(Nc2nc(N3C[C@H](N)C[C@H](N)C3)nc(N3C[C@H](N)C[C@H](N)C3)n2)c1. The van der Waals surface area contributed by atoms with Crippen LogP contribution in [-0.2, 0) is 10.0 Å². The fraction of sp³-hybridized carbons (Fsp3) is 0.545. The smallest absolute Gasteiger partial charge is 0.272 e. The summed E-state index contributed by atoms with van der Waals surface area (Å²) in [5.74, 6) is 0.851. The summed E-state index contributed by atoms with van der Waals surface area (Å²) in [7, 11) is -4.06. The molecule has 1 aromatic carbocycles. The lowest BCUT2D eigenvalue weighted by atomic mass is 10.0. The Labute approximate surface area is 227 Å². The quantitative estimate of drug-likeness (QED) is 0.211. The molecule has 2 aromatic rings. The number of nitrogens with one attached hydrogen (secondary N) is 1. The van der Waals surface area contributed by atoms with Gasteiger partial charge in [0.15, 0.2) is 6.19 Å². The van der Waals surface area contributed by atoms with E-state index < -0.39 is 10.0 Å². The van der Waals surface area contributed by atoms with Crippen LogP contribution >= 0.6 is 11.6 Å². The predicted octanol–water partition coefficient (Wildman–Crippen LogP) is -0.510. The van der Waals surface area contributed by atoms with E-state index in [1.54, 1.807) is 13.1 Å². The monoisotopic (exact) mass is 564 g/mol. The van der Waals surface area contributed by atoms with E-state index in [-0.39, 0.29) is 52.3 Å². The van der Waals surface area contributed by atoms with Gasteiger partial charge in [0.05, 0.1) is 15.6 Å². The van der Waals surface area contributed by atoms with Gasteiger partial charge in [0.1, 0.15) is 0 Å². The number of anilines is 4. The number of sulfonamides is 1. The van der Waals surface area contributed by atoms with E-state index in [0.29, 0.717) is 55.2 Å². The maximum atomic E-state index is 12.9. The molecule has 9 N–H and O–H groups in total. The minimum Gasteiger partial charge on any atom is -0.338 e. The fourth-order valence-electron chi connectivity index (χ4n) is 4.68. The Hall–Kier alpha value is -3.00. The molecular formula is C22H33ClN12O2S. The summed E-state index contributed by atoms with van der Waals surface area (Å²) >= 11 is 6.40. The molecule has 0 aliphatic carbocycles. The van der Waals surface area contributed by atoms with Crippen molar-refractivity contribution in [2.45, 2.75) is 48.8 Å². The molecule has 38 heavy (non-hydrogen) atoms. The Morgan fingerprint density at radius 2 is 1.50 bits per heavy atom. The largest absolute Gasteiger partial charge is 0.338 e. The molecule has 2 aliphatic heterocycles. The average molecular weight is 565 g/mol. The number of hydrogen-bond donors (Lipinski definition) is 5. The highest BCUT2D eigenvalue weighted by Crippen LogP contribution is 2.30. The molecule has 3 heterocycles. The molecule has 0 unspecified atom stereocenters. The number of halogens is 1. The molecule has 14 nitrogen and oxygen atoms in total. The molecule has 2 aliphatic rings. The second-order valence-corrected chi connectivity index (χ2v) is 11.9. The van der Waals surface area contributed by atoms with Crippen LogP contribution in [0.2, 0.25) is 5.02 Å². The minimum absolute atomic E-state index is 0.00930. The van der Waals surface area contributed by atoms with Gasteiger partial charge in [-0.05, 0) is 38.0 Å². The predicted molar refractivity (Wildman–Crippen MR) is 145 cm³/mol. The van der Waals surface area contributed by atoms with Crippen LogP contribution in [0.3, 0.4) is 0 Å². The molecular weight excluding hydrogens is 532 g/mol. The first-order valence-electron chi connectivity index (χ1n) is 12.3. The number of aromatic nitrogens is 3. The van der Waals surface area contributed by atoms with E-state index in [9.17, 15) is 13.7 Å². The number of hydrogen-bond acceptors (Lipinski definition) is 13. The molecule has 4 atom stereocenters. The van der Waals surface area contributed by atoms with Crippen LogP contribution in [0.4, 0.5) is 23.5 Å². The molecule has 0 bridgehead atoms. The molecule has 16 heteroatoms. The molecule has 206 valence electrons. The third kappa shape index (κ3) is 6.17. The van der Waals surface area contributed by atoms with E-state index in [2.05, 4.69) is 20.3 Å². The molecule has 2 saturated heterocycles. The van der Waals surface area contributed by atoms with E-state index in [1.807, 2.05) is 9.80 Å². The van der Waals surface area contributed by atoms with Crippen molar-refractivity contribution >= 4 is 45.2 Å². The summed E-state index contributed by atoms with van der Waals surface area (Å²) in [4.78, 5) is 17.5. The van der Waals surface area contributed by atoms with Gasteiger partial charge in [0.2, 0.25) is 17.8 Å². The molecule has 0 saturated carbocycles. The zero-order valence-electron chi connectivity index (χ0n) is 21.0. The van der Waals surface area contributed by atoms with Gasteiger partial charge in [-0.25, -0.2) is 12.7 Å². The van der Waals surface area contributed by atoms with Crippen molar-refractivity contribution in [1.82, 2.24) is 19.3 Å². The molecule has 0 spiro atoms. The number of nitriles is 1. The molecule has 2 fully saturated rings. The maximum absolute atomic E-state index is 12.9. The van der Waals surface area contributed by atoms with Gasteiger partial charge in [-0.15, -0.1) is 0 Å². The Balaban J connectivity index is 1.73. The third-order valence-corrected chi connectivity index (χ3v) is 8.48. The number of nitrogens with two attached hydrogens (primary N) is 4. The highest BCUT2D eigenvalue weighted by Gasteiger charge is 2.29. The zero-order valence-corrected chi connectivity index (χ0v) is 22.6. The number of nitrogens with zero attached hydrogens (tertiary/aromatic N) is 7. The van der Waals surface area contributed by atoms with Crippen LogP contribution in [-0.4, -0.2) is 84.6 Å². The normalized spacial score (nSPS) is 24.1. The van der Waals surface area contributed by atoms with Gasteiger partial charge in [-0.3, -0.25) is 0 Å². The topological polar surface area (TPSA) is 222 Å². The van der Waals surface area contributed by atoms with Crippen molar-refractivity contribution in [2.24, 2.45) is 22.9 Å². The Morgan fingerprint density at radius 3 is 1.95 bits per heavy atom. The number of benzene rings is 1. The van der Waals surface area contributed by atoms with E-state index in [0.717, 1.165) is 0 Å². The maximum Gasteiger partial charge on any atom is 0.272 e. The molecule has 4 rings (SSSR count). The van der Waals surface area contributed by atoms with Crippen molar-refractivity contribution < 1.29 is 8.42 Å². The summed E-state index contributed by atoms with van der Waals surface area (Å²) in [5, 5.41) is 12.5. The van der Waals surface area contributed by atoms with Crippen molar-refractivity contribution in [1.29, 1.82) is 5.26 Å². The number of piperidine rings is 2. The lowest BCUT2D eigenvalue weighted by Crippen LogP contribution is -2.54. The lowest BCUT2D eigenvalue weighted by molar-refractivity contribution is 0.441. The van der Waals surface area contributed by atoms with Crippen LogP contribution in [0.5, 0.6) is 0 Å². The van der Waals surface area contributed by atoms with Crippen molar-refractivity contribution in [3.63, 3.8) is 0 Å². The van der Waals surface area contributed by atoms with Crippen molar-refractivity contribution in [2.75, 3.05) is 47.8 Å². The first-order valence-corrected chi connectivity index (χ1v) is 14.1. The van der Waals surface area contributed by atoms with Crippen LogP contribution in [0, 0.1) is 11.5 Å². The third-order valence-electron chi connectivity index (χ3n) is 6.38. The summed E-state index contributed by atoms with van der Waals surface area (Å²) in [6, 6.07) is 3.50. The van der Waals surface area contributed by atoms with Crippen LogP contribution in [0.15, 0.2) is 23.1 Å². The average Bonchev–Trinajstić information content (AvgIpc) is 2.84. The van der Waals surface area contributed by atoms with Gasteiger partial charge >= 0.3 is 0 Å². The second-order valence-electron chi connectivity index (χ2n) is 9.62. The highest BCUT2D eigenvalue weighted by atomic mass is 35.5. The van der Waals surface area contributed by atoms with E-state index >= 15 is 0 Å². The Morgan fingerprint density at radius 1 is 1.00 bits per heavy atom. The van der Waals surface area contributed by atoms with Gasteiger partial charge in [-0.2, -0.15) is 20.2 Å². The minimum atomic E-state index is -4.06. The zero-order chi connectivity index (χ0) is 27.6.